The van der Waals surface area contributed by atoms with Crippen molar-refractivity contribution in [3.63, 3.8) is 0 Å². The summed E-state index contributed by atoms with van der Waals surface area (Å²) in [4.78, 5) is 5.47. The lowest BCUT2D eigenvalue weighted by Crippen LogP contribution is -1.63. The van der Waals surface area contributed by atoms with Crippen LogP contribution in [0.4, 0.5) is 0 Å². The average Bonchev–Trinajstić information content (AvgIpc) is 3.20. The van der Waals surface area contributed by atoms with Crippen LogP contribution in [0.3, 0.4) is 0 Å². The van der Waals surface area contributed by atoms with Crippen LogP contribution in [0.25, 0.3) is 9.40 Å². The summed E-state index contributed by atoms with van der Waals surface area (Å²) in [7, 11) is 0. The van der Waals surface area contributed by atoms with Crippen molar-refractivity contribution in [2.24, 2.45) is 0 Å². The first-order chi connectivity index (χ1) is 9.90. The summed E-state index contributed by atoms with van der Waals surface area (Å²) in [5.74, 6) is 0. The molecule has 0 unspecified atom stereocenters. The van der Waals surface area contributed by atoms with Crippen LogP contribution in [0.2, 0.25) is 0 Å². The molecule has 0 radical (unpaired) electrons. The molecule has 0 bridgehead atoms. The summed E-state index contributed by atoms with van der Waals surface area (Å²) >= 11 is 11.0. The zero-order chi connectivity index (χ0) is 13.4. The van der Waals surface area contributed by atoms with Gasteiger partial charge in [-0.1, -0.05) is 23.5 Å². The Bertz CT molecular complexity index is 733. The second kappa shape index (κ2) is 5.87. The molecule has 0 aromatic carbocycles. The molecule has 20 heavy (non-hydrogen) atoms. The zero-order valence-electron chi connectivity index (χ0n) is 10.1. The van der Waals surface area contributed by atoms with Gasteiger partial charge in [0, 0.05) is 41.1 Å². The van der Waals surface area contributed by atoms with Gasteiger partial charge in [-0.15, -0.1) is 22.7 Å². The lowest BCUT2D eigenvalue weighted by atomic mass is 10.5. The topological polar surface area (TPSA) is 0 Å². The van der Waals surface area contributed by atoms with Crippen LogP contribution in [0.5, 0.6) is 0 Å². The molecule has 4 rings (SSSR count). The van der Waals surface area contributed by atoms with Gasteiger partial charge in [0.1, 0.15) is 0 Å². The van der Waals surface area contributed by atoms with Gasteiger partial charge >= 0.3 is 0 Å². The molecule has 0 aliphatic carbocycles. The van der Waals surface area contributed by atoms with Crippen molar-refractivity contribution in [3.05, 3.63) is 44.4 Å². The number of hydrogen-bond acceptors (Lipinski definition) is 6. The van der Waals surface area contributed by atoms with Crippen LogP contribution in [0, 0.1) is 0 Å². The van der Waals surface area contributed by atoms with Crippen molar-refractivity contribution >= 4 is 78.3 Å². The average molecular weight is 369 g/mol. The minimum absolute atomic E-state index is 1.34. The Balaban J connectivity index is 1.67. The van der Waals surface area contributed by atoms with Gasteiger partial charge in [-0.2, -0.15) is 22.7 Å². The Hall–Kier alpha value is -0.240. The van der Waals surface area contributed by atoms with Gasteiger partial charge in [-0.05, 0) is 22.9 Å². The summed E-state index contributed by atoms with van der Waals surface area (Å²) in [6.07, 6.45) is 0. The first-order valence-corrected chi connectivity index (χ1v) is 11.1. The molecule has 0 saturated heterocycles. The third-order valence-electron chi connectivity index (χ3n) is 2.67. The largest absolute Gasteiger partial charge is 0.151 e. The Kier molecular flexibility index (Phi) is 3.94. The number of fused-ring (bicyclic) bond motifs is 1. The summed E-state index contributed by atoms with van der Waals surface area (Å²) in [6.45, 7) is 0. The lowest BCUT2D eigenvalue weighted by Gasteiger charge is -1.93. The quantitative estimate of drug-likeness (QED) is 0.368. The number of rotatable bonds is 4. The lowest BCUT2D eigenvalue weighted by molar-refractivity contribution is 1.55. The van der Waals surface area contributed by atoms with Crippen molar-refractivity contribution in [1.82, 2.24) is 0 Å². The standard InChI is InChI=1S/C14H8S6/c1-3-15-5-9(1)19-11-7-17-14-12(8-18-13(11)14)20-10-2-4-16-6-10/h1-8H. The molecule has 4 heterocycles. The molecule has 0 aliphatic heterocycles. The number of thiophene rings is 4. The van der Waals surface area contributed by atoms with Crippen molar-refractivity contribution in [3.8, 4) is 0 Å². The minimum Gasteiger partial charge on any atom is -0.151 e. The molecule has 100 valence electrons. The maximum absolute atomic E-state index is 2.29. The SMILES string of the molecule is c1cc(Sc2csc3c(Sc4ccsc4)csc23)cs1. The normalized spacial score (nSPS) is 11.4. The van der Waals surface area contributed by atoms with E-state index in [4.69, 9.17) is 0 Å². The molecule has 4 aromatic heterocycles. The fraction of sp³-hybridized carbons (Fsp3) is 0. The molecule has 0 spiro atoms. The van der Waals surface area contributed by atoms with Gasteiger partial charge < -0.3 is 0 Å². The molecule has 6 heteroatoms. The Morgan fingerprint density at radius 1 is 0.650 bits per heavy atom. The fourth-order valence-corrected chi connectivity index (χ4v) is 8.14. The molecular formula is C14H8S6. The van der Waals surface area contributed by atoms with Crippen molar-refractivity contribution < 1.29 is 0 Å². The third-order valence-corrected chi connectivity index (χ3v) is 9.11. The summed E-state index contributed by atoms with van der Waals surface area (Å²) in [6, 6.07) is 4.38. The highest BCUT2D eigenvalue weighted by molar-refractivity contribution is 8.00. The van der Waals surface area contributed by atoms with E-state index in [0.717, 1.165) is 0 Å². The molecule has 4 aromatic rings. The molecule has 0 fully saturated rings. The smallest absolute Gasteiger partial charge is 0.0602 e. The van der Waals surface area contributed by atoms with E-state index in [1.54, 1.807) is 22.7 Å². The highest BCUT2D eigenvalue weighted by atomic mass is 32.2. The molecular weight excluding hydrogens is 361 g/mol. The third kappa shape index (κ3) is 2.61. The Labute approximate surface area is 141 Å². The predicted octanol–water partition coefficient (Wildman–Crippen LogP) is 7.39. The maximum atomic E-state index is 2.29. The van der Waals surface area contributed by atoms with Crippen LogP contribution >= 0.6 is 68.9 Å². The van der Waals surface area contributed by atoms with Crippen LogP contribution in [0.15, 0.2) is 64.0 Å². The Morgan fingerprint density at radius 2 is 1.15 bits per heavy atom. The van der Waals surface area contributed by atoms with Crippen molar-refractivity contribution in [2.45, 2.75) is 19.6 Å². The molecule has 0 N–H and O–H groups in total. The molecule has 0 amide bonds. The van der Waals surface area contributed by atoms with Crippen LogP contribution in [0.1, 0.15) is 0 Å². The van der Waals surface area contributed by atoms with Gasteiger partial charge in [0.25, 0.3) is 0 Å². The second-order valence-corrected chi connectivity index (χ2v) is 9.53. The summed E-state index contributed by atoms with van der Waals surface area (Å²) < 4.78 is 2.87. The van der Waals surface area contributed by atoms with Crippen molar-refractivity contribution in [1.29, 1.82) is 0 Å². The minimum atomic E-state index is 1.34. The molecule has 0 nitrogen and oxygen atoms in total. The van der Waals surface area contributed by atoms with E-state index < -0.39 is 0 Å². The number of hydrogen-bond donors (Lipinski definition) is 0. The van der Waals surface area contributed by atoms with E-state index >= 15 is 0 Å². The van der Waals surface area contributed by atoms with E-state index in [9.17, 15) is 0 Å². The van der Waals surface area contributed by atoms with Crippen LogP contribution in [-0.2, 0) is 0 Å². The zero-order valence-corrected chi connectivity index (χ0v) is 15.0. The predicted molar refractivity (Wildman–Crippen MR) is 96.6 cm³/mol. The van der Waals surface area contributed by atoms with Gasteiger partial charge in [-0.25, -0.2) is 0 Å². The van der Waals surface area contributed by atoms with E-state index in [-0.39, 0.29) is 0 Å². The summed E-state index contributed by atoms with van der Waals surface area (Å²) in [5.41, 5.74) is 0. The highest BCUT2D eigenvalue weighted by Gasteiger charge is 2.13. The van der Waals surface area contributed by atoms with E-state index in [1.165, 1.54) is 29.0 Å². The van der Waals surface area contributed by atoms with Gasteiger partial charge in [0.05, 0.1) is 9.40 Å². The first kappa shape index (κ1) is 13.4. The van der Waals surface area contributed by atoms with Gasteiger partial charge in [0.15, 0.2) is 0 Å². The fourth-order valence-electron chi connectivity index (χ4n) is 1.79. The van der Waals surface area contributed by atoms with Crippen LogP contribution < -0.4 is 0 Å². The van der Waals surface area contributed by atoms with Crippen LogP contribution in [-0.4, -0.2) is 0 Å². The maximum Gasteiger partial charge on any atom is 0.0602 e. The van der Waals surface area contributed by atoms with E-state index in [1.807, 2.05) is 46.2 Å². The molecule has 0 aliphatic rings. The van der Waals surface area contributed by atoms with Crippen molar-refractivity contribution in [2.75, 3.05) is 0 Å². The molecule has 0 atom stereocenters. The summed E-state index contributed by atoms with van der Waals surface area (Å²) in [5, 5.41) is 13.3. The van der Waals surface area contributed by atoms with Gasteiger partial charge in [-0.3, -0.25) is 0 Å². The van der Waals surface area contributed by atoms with E-state index in [0.29, 0.717) is 0 Å². The highest BCUT2D eigenvalue weighted by Crippen LogP contribution is 2.46. The van der Waals surface area contributed by atoms with E-state index in [2.05, 4.69) is 44.4 Å². The first-order valence-electron chi connectivity index (χ1n) is 5.79. The second-order valence-electron chi connectivity index (χ2n) is 3.98. The Morgan fingerprint density at radius 3 is 1.55 bits per heavy atom. The van der Waals surface area contributed by atoms with Gasteiger partial charge in [0.2, 0.25) is 0 Å². The molecule has 0 saturated carbocycles. The monoisotopic (exact) mass is 368 g/mol.